The van der Waals surface area contributed by atoms with Gasteiger partial charge < -0.3 is 5.32 Å². The molecule has 0 atom stereocenters. The molecular formula is C9H14ClN3S. The van der Waals surface area contributed by atoms with Crippen LogP contribution in [0.25, 0.3) is 0 Å². The van der Waals surface area contributed by atoms with Crippen molar-refractivity contribution >= 4 is 22.9 Å². The highest BCUT2D eigenvalue weighted by atomic mass is 35.5. The monoisotopic (exact) mass is 231 g/mol. The standard InChI is InChI=1S/C9H14ClN3S/c1-2-13(7-3-11-4-7)6-8-5-12-9(10)14-8/h5,7,11H,2-4,6H2,1H3. The molecule has 1 aliphatic rings. The second kappa shape index (κ2) is 4.57. The molecule has 1 fully saturated rings. The van der Waals surface area contributed by atoms with E-state index in [-0.39, 0.29) is 0 Å². The molecule has 0 aliphatic carbocycles. The summed E-state index contributed by atoms with van der Waals surface area (Å²) in [5, 5.41) is 3.29. The molecule has 2 rings (SSSR count). The van der Waals surface area contributed by atoms with E-state index in [1.807, 2.05) is 6.20 Å². The van der Waals surface area contributed by atoms with Crippen molar-refractivity contribution in [2.24, 2.45) is 0 Å². The molecule has 0 amide bonds. The summed E-state index contributed by atoms with van der Waals surface area (Å²) in [5.41, 5.74) is 0. The first-order valence-corrected chi connectivity index (χ1v) is 6.04. The summed E-state index contributed by atoms with van der Waals surface area (Å²) in [7, 11) is 0. The van der Waals surface area contributed by atoms with Gasteiger partial charge in [-0.15, -0.1) is 11.3 Å². The summed E-state index contributed by atoms with van der Waals surface area (Å²) in [6.07, 6.45) is 1.88. The third-order valence-corrected chi connectivity index (χ3v) is 3.67. The molecule has 1 aliphatic heterocycles. The topological polar surface area (TPSA) is 28.2 Å². The Morgan fingerprint density at radius 2 is 2.50 bits per heavy atom. The predicted molar refractivity (Wildman–Crippen MR) is 59.9 cm³/mol. The van der Waals surface area contributed by atoms with Gasteiger partial charge in [0.2, 0.25) is 0 Å². The Balaban J connectivity index is 1.93. The van der Waals surface area contributed by atoms with Gasteiger partial charge in [-0.2, -0.15) is 0 Å². The van der Waals surface area contributed by atoms with Gasteiger partial charge in [-0.05, 0) is 6.54 Å². The highest BCUT2D eigenvalue weighted by Gasteiger charge is 2.23. The van der Waals surface area contributed by atoms with Crippen molar-refractivity contribution < 1.29 is 0 Å². The van der Waals surface area contributed by atoms with Crippen molar-refractivity contribution in [3.05, 3.63) is 15.5 Å². The van der Waals surface area contributed by atoms with Gasteiger partial charge in [0.05, 0.1) is 0 Å². The zero-order valence-corrected chi connectivity index (χ0v) is 9.74. The summed E-state index contributed by atoms with van der Waals surface area (Å²) in [6, 6.07) is 0.695. The van der Waals surface area contributed by atoms with E-state index in [2.05, 4.69) is 22.1 Å². The van der Waals surface area contributed by atoms with Crippen molar-refractivity contribution in [1.82, 2.24) is 15.2 Å². The molecule has 14 heavy (non-hydrogen) atoms. The number of aromatic nitrogens is 1. The Labute approximate surface area is 93.1 Å². The molecule has 1 N–H and O–H groups in total. The third-order valence-electron chi connectivity index (χ3n) is 2.57. The molecule has 0 unspecified atom stereocenters. The fraction of sp³-hybridized carbons (Fsp3) is 0.667. The van der Waals surface area contributed by atoms with Crippen LogP contribution in [0.4, 0.5) is 0 Å². The smallest absolute Gasteiger partial charge is 0.183 e. The summed E-state index contributed by atoms with van der Waals surface area (Å²) in [5.74, 6) is 0. The third kappa shape index (κ3) is 2.25. The van der Waals surface area contributed by atoms with Crippen LogP contribution in [-0.2, 0) is 6.54 Å². The number of rotatable bonds is 4. The SMILES string of the molecule is CCN(Cc1cnc(Cl)s1)C1CNC1. The Hall–Kier alpha value is -0.160. The van der Waals surface area contributed by atoms with E-state index in [1.165, 1.54) is 4.88 Å². The molecule has 1 aromatic rings. The van der Waals surface area contributed by atoms with Crippen LogP contribution in [0, 0.1) is 0 Å². The van der Waals surface area contributed by atoms with Gasteiger partial charge in [0, 0.05) is 36.8 Å². The van der Waals surface area contributed by atoms with Gasteiger partial charge in [-0.25, -0.2) is 4.98 Å². The molecule has 2 heterocycles. The first-order valence-electron chi connectivity index (χ1n) is 4.84. The van der Waals surface area contributed by atoms with Crippen LogP contribution >= 0.6 is 22.9 Å². The second-order valence-corrected chi connectivity index (χ2v) is 5.15. The number of nitrogens with one attached hydrogen (secondary N) is 1. The Morgan fingerprint density at radius 1 is 1.71 bits per heavy atom. The lowest BCUT2D eigenvalue weighted by Gasteiger charge is -2.37. The fourth-order valence-electron chi connectivity index (χ4n) is 1.59. The quantitative estimate of drug-likeness (QED) is 0.853. The first-order chi connectivity index (χ1) is 6.79. The maximum Gasteiger partial charge on any atom is 0.183 e. The van der Waals surface area contributed by atoms with E-state index in [1.54, 1.807) is 11.3 Å². The van der Waals surface area contributed by atoms with Crippen LogP contribution in [0.2, 0.25) is 4.47 Å². The number of halogens is 1. The molecule has 5 heteroatoms. The maximum atomic E-state index is 5.79. The fourth-order valence-corrected chi connectivity index (χ4v) is 2.59. The Bertz CT molecular complexity index is 298. The van der Waals surface area contributed by atoms with Crippen molar-refractivity contribution in [3.63, 3.8) is 0 Å². The molecular weight excluding hydrogens is 218 g/mol. The molecule has 0 radical (unpaired) electrons. The molecule has 3 nitrogen and oxygen atoms in total. The molecule has 1 saturated heterocycles. The summed E-state index contributed by atoms with van der Waals surface area (Å²) < 4.78 is 0.641. The summed E-state index contributed by atoms with van der Waals surface area (Å²) in [6.45, 7) is 6.48. The second-order valence-electron chi connectivity index (χ2n) is 3.45. The molecule has 0 spiro atoms. The van der Waals surface area contributed by atoms with Gasteiger partial charge in [0.25, 0.3) is 0 Å². The summed E-state index contributed by atoms with van der Waals surface area (Å²) >= 11 is 7.37. The van der Waals surface area contributed by atoms with Gasteiger partial charge in [-0.3, -0.25) is 4.90 Å². The molecule has 1 aromatic heterocycles. The predicted octanol–water partition coefficient (Wildman–Crippen LogP) is 1.59. The molecule has 0 bridgehead atoms. The van der Waals surface area contributed by atoms with Gasteiger partial charge in [0.15, 0.2) is 4.47 Å². The lowest BCUT2D eigenvalue weighted by molar-refractivity contribution is 0.146. The van der Waals surface area contributed by atoms with Crippen LogP contribution in [0.3, 0.4) is 0 Å². The van der Waals surface area contributed by atoms with Gasteiger partial charge >= 0.3 is 0 Å². The number of likely N-dealkylation sites (N-methyl/N-ethyl adjacent to an activating group) is 1. The van der Waals surface area contributed by atoms with E-state index >= 15 is 0 Å². The average molecular weight is 232 g/mol. The molecule has 0 saturated carbocycles. The van der Waals surface area contributed by atoms with Crippen LogP contribution in [0.1, 0.15) is 11.8 Å². The lowest BCUT2D eigenvalue weighted by atomic mass is 10.1. The minimum Gasteiger partial charge on any atom is -0.314 e. The maximum absolute atomic E-state index is 5.79. The Morgan fingerprint density at radius 3 is 2.93 bits per heavy atom. The van der Waals surface area contributed by atoms with Gasteiger partial charge in [0.1, 0.15) is 0 Å². The van der Waals surface area contributed by atoms with E-state index in [9.17, 15) is 0 Å². The van der Waals surface area contributed by atoms with Gasteiger partial charge in [-0.1, -0.05) is 18.5 Å². The molecule has 78 valence electrons. The lowest BCUT2D eigenvalue weighted by Crippen LogP contribution is -2.56. The van der Waals surface area contributed by atoms with Crippen LogP contribution in [-0.4, -0.2) is 35.6 Å². The van der Waals surface area contributed by atoms with Crippen molar-refractivity contribution in [3.8, 4) is 0 Å². The van der Waals surface area contributed by atoms with Crippen LogP contribution in [0.5, 0.6) is 0 Å². The van der Waals surface area contributed by atoms with E-state index in [4.69, 9.17) is 11.6 Å². The first kappa shape index (κ1) is 10.4. The normalized spacial score (nSPS) is 17.4. The van der Waals surface area contributed by atoms with Crippen LogP contribution in [0.15, 0.2) is 6.20 Å². The minimum atomic E-state index is 0.641. The zero-order valence-electron chi connectivity index (χ0n) is 8.16. The highest BCUT2D eigenvalue weighted by Crippen LogP contribution is 2.20. The number of hydrogen-bond acceptors (Lipinski definition) is 4. The average Bonchev–Trinajstić information content (AvgIpc) is 2.47. The van der Waals surface area contributed by atoms with Crippen molar-refractivity contribution in [2.75, 3.05) is 19.6 Å². The van der Waals surface area contributed by atoms with E-state index in [0.29, 0.717) is 10.5 Å². The molecule has 0 aromatic carbocycles. The van der Waals surface area contributed by atoms with E-state index < -0.39 is 0 Å². The number of nitrogens with zero attached hydrogens (tertiary/aromatic N) is 2. The van der Waals surface area contributed by atoms with Crippen molar-refractivity contribution in [2.45, 2.75) is 19.5 Å². The van der Waals surface area contributed by atoms with E-state index in [0.717, 1.165) is 26.2 Å². The van der Waals surface area contributed by atoms with Crippen LogP contribution < -0.4 is 5.32 Å². The Kier molecular flexibility index (Phi) is 3.38. The zero-order chi connectivity index (χ0) is 9.97. The largest absolute Gasteiger partial charge is 0.314 e. The summed E-state index contributed by atoms with van der Waals surface area (Å²) in [4.78, 5) is 7.76. The minimum absolute atomic E-state index is 0.641. The number of hydrogen-bond donors (Lipinski definition) is 1. The number of thiazole rings is 1. The van der Waals surface area contributed by atoms with Crippen molar-refractivity contribution in [1.29, 1.82) is 0 Å². The highest BCUT2D eigenvalue weighted by molar-refractivity contribution is 7.15.